The Bertz CT molecular complexity index is 1040. The van der Waals surface area contributed by atoms with Crippen LogP contribution in [0.5, 0.6) is 5.75 Å². The Morgan fingerprint density at radius 3 is 2.90 bits per heavy atom. The molecule has 1 fully saturated rings. The van der Waals surface area contributed by atoms with Crippen LogP contribution in [0.25, 0.3) is 5.69 Å². The van der Waals surface area contributed by atoms with Gasteiger partial charge in [0.2, 0.25) is 0 Å². The van der Waals surface area contributed by atoms with Gasteiger partial charge in [0.25, 0.3) is 0 Å². The molecular weight excluding hydrogens is 412 g/mol. The quantitative estimate of drug-likeness (QED) is 0.455. The molecule has 7 nitrogen and oxygen atoms in total. The topological polar surface area (TPSA) is 66.7 Å². The Morgan fingerprint density at radius 1 is 1.26 bits per heavy atom. The number of imidazole rings is 1. The Balaban J connectivity index is 1.38. The van der Waals surface area contributed by atoms with Gasteiger partial charge in [-0.1, -0.05) is 29.8 Å². The Labute approximate surface area is 187 Å². The SMILES string of the molecule is CN=C(NCc1ccccc1-n1ccnc1)NC1CCN(c2cc(Cl)ccc2OC)C1. The number of aromatic nitrogens is 2. The summed E-state index contributed by atoms with van der Waals surface area (Å²) in [5, 5.41) is 7.70. The van der Waals surface area contributed by atoms with Crippen LogP contribution < -0.4 is 20.3 Å². The van der Waals surface area contributed by atoms with Gasteiger partial charge < -0.3 is 24.8 Å². The van der Waals surface area contributed by atoms with Crippen molar-refractivity contribution in [1.82, 2.24) is 20.2 Å². The molecule has 2 heterocycles. The molecule has 1 aromatic heterocycles. The molecule has 1 aliphatic rings. The number of rotatable bonds is 6. The minimum absolute atomic E-state index is 0.277. The van der Waals surface area contributed by atoms with Crippen LogP contribution in [0.2, 0.25) is 5.02 Å². The summed E-state index contributed by atoms with van der Waals surface area (Å²) in [5.41, 5.74) is 3.29. The van der Waals surface area contributed by atoms with Crippen LogP contribution in [-0.2, 0) is 6.54 Å². The number of methoxy groups -OCH3 is 1. The summed E-state index contributed by atoms with van der Waals surface area (Å²) in [6.07, 6.45) is 6.54. The second kappa shape index (κ2) is 9.75. The number of hydrogen-bond acceptors (Lipinski definition) is 4. The summed E-state index contributed by atoms with van der Waals surface area (Å²) in [4.78, 5) is 10.9. The number of hydrogen-bond donors (Lipinski definition) is 2. The molecule has 162 valence electrons. The van der Waals surface area contributed by atoms with E-state index in [2.05, 4.69) is 37.6 Å². The van der Waals surface area contributed by atoms with Gasteiger partial charge in [0.15, 0.2) is 5.96 Å². The van der Waals surface area contributed by atoms with Crippen LogP contribution in [0.3, 0.4) is 0 Å². The van der Waals surface area contributed by atoms with Gasteiger partial charge in [-0.3, -0.25) is 4.99 Å². The Hall–Kier alpha value is -3.19. The van der Waals surface area contributed by atoms with Gasteiger partial charge in [-0.15, -0.1) is 0 Å². The summed E-state index contributed by atoms with van der Waals surface area (Å²) in [5.74, 6) is 1.62. The molecular formula is C23H27ClN6O. The first-order chi connectivity index (χ1) is 15.2. The first-order valence-corrected chi connectivity index (χ1v) is 10.7. The number of benzene rings is 2. The molecule has 0 bridgehead atoms. The highest BCUT2D eigenvalue weighted by Gasteiger charge is 2.25. The summed E-state index contributed by atoms with van der Waals surface area (Å²) >= 11 is 6.21. The molecule has 1 atom stereocenters. The van der Waals surface area contributed by atoms with Crippen molar-refractivity contribution in [1.29, 1.82) is 0 Å². The predicted octanol–water partition coefficient (Wildman–Crippen LogP) is 3.48. The molecule has 31 heavy (non-hydrogen) atoms. The lowest BCUT2D eigenvalue weighted by Gasteiger charge is -2.22. The highest BCUT2D eigenvalue weighted by Crippen LogP contribution is 2.33. The van der Waals surface area contributed by atoms with Crippen molar-refractivity contribution in [2.75, 3.05) is 32.1 Å². The van der Waals surface area contributed by atoms with Crippen LogP contribution in [0.1, 0.15) is 12.0 Å². The summed E-state index contributed by atoms with van der Waals surface area (Å²) in [6.45, 7) is 2.43. The normalized spacial score (nSPS) is 16.4. The van der Waals surface area contributed by atoms with Crippen molar-refractivity contribution >= 4 is 23.2 Å². The van der Waals surface area contributed by atoms with Crippen molar-refractivity contribution in [3.05, 3.63) is 71.8 Å². The lowest BCUT2D eigenvalue weighted by atomic mass is 10.1. The molecule has 0 aliphatic carbocycles. The molecule has 4 rings (SSSR count). The summed E-state index contributed by atoms with van der Waals surface area (Å²) in [7, 11) is 3.48. The molecule has 2 N–H and O–H groups in total. The van der Waals surface area contributed by atoms with Crippen molar-refractivity contribution in [2.45, 2.75) is 19.0 Å². The van der Waals surface area contributed by atoms with Crippen LogP contribution in [-0.4, -0.2) is 48.8 Å². The molecule has 2 aromatic carbocycles. The molecule has 0 saturated carbocycles. The van der Waals surface area contributed by atoms with Crippen LogP contribution in [0, 0.1) is 0 Å². The van der Waals surface area contributed by atoms with E-state index in [1.165, 1.54) is 5.56 Å². The lowest BCUT2D eigenvalue weighted by molar-refractivity contribution is 0.415. The van der Waals surface area contributed by atoms with Crippen molar-refractivity contribution < 1.29 is 4.74 Å². The lowest BCUT2D eigenvalue weighted by Crippen LogP contribution is -2.44. The second-order valence-corrected chi connectivity index (χ2v) is 7.85. The standard InChI is InChI=1S/C23H27ClN6O/c1-25-23(27-14-17-5-3-4-6-20(17)30-12-10-26-16-30)28-19-9-11-29(15-19)21-13-18(24)7-8-22(21)31-2/h3-8,10,12-13,16,19H,9,11,14-15H2,1-2H3,(H2,25,27,28). The van der Waals surface area contributed by atoms with E-state index in [0.717, 1.165) is 42.6 Å². The molecule has 1 aliphatic heterocycles. The van der Waals surface area contributed by atoms with Crippen molar-refractivity contribution in [3.8, 4) is 11.4 Å². The number of aliphatic imine (C=N–C) groups is 1. The Morgan fingerprint density at radius 2 is 2.13 bits per heavy atom. The van der Waals surface area contributed by atoms with E-state index in [1.54, 1.807) is 20.4 Å². The summed E-state index contributed by atoms with van der Waals surface area (Å²) < 4.78 is 7.53. The van der Waals surface area contributed by atoms with E-state index >= 15 is 0 Å². The smallest absolute Gasteiger partial charge is 0.191 e. The number of halogens is 1. The van der Waals surface area contributed by atoms with E-state index in [-0.39, 0.29) is 6.04 Å². The van der Waals surface area contributed by atoms with E-state index in [9.17, 15) is 0 Å². The first-order valence-electron chi connectivity index (χ1n) is 10.3. The third-order valence-electron chi connectivity index (χ3n) is 5.45. The highest BCUT2D eigenvalue weighted by atomic mass is 35.5. The average Bonchev–Trinajstić information content (AvgIpc) is 3.49. The maximum atomic E-state index is 6.21. The van der Waals surface area contributed by atoms with E-state index in [1.807, 2.05) is 47.4 Å². The number of anilines is 1. The third kappa shape index (κ3) is 4.94. The third-order valence-corrected chi connectivity index (χ3v) is 5.69. The van der Waals surface area contributed by atoms with Crippen LogP contribution in [0.15, 0.2) is 66.2 Å². The monoisotopic (exact) mass is 438 g/mol. The Kier molecular flexibility index (Phi) is 6.62. The predicted molar refractivity (Wildman–Crippen MR) is 126 cm³/mol. The minimum Gasteiger partial charge on any atom is -0.495 e. The molecule has 1 unspecified atom stereocenters. The fourth-order valence-corrected chi connectivity index (χ4v) is 4.05. The van der Waals surface area contributed by atoms with Gasteiger partial charge in [-0.05, 0) is 36.2 Å². The van der Waals surface area contributed by atoms with Gasteiger partial charge >= 0.3 is 0 Å². The van der Waals surface area contributed by atoms with Gasteiger partial charge in [0.05, 0.1) is 24.8 Å². The molecule has 1 saturated heterocycles. The highest BCUT2D eigenvalue weighted by molar-refractivity contribution is 6.30. The largest absolute Gasteiger partial charge is 0.495 e. The fraction of sp³-hybridized carbons (Fsp3) is 0.304. The number of nitrogens with one attached hydrogen (secondary N) is 2. The maximum absolute atomic E-state index is 6.21. The number of ether oxygens (including phenoxy) is 1. The zero-order valence-electron chi connectivity index (χ0n) is 17.8. The molecule has 8 heteroatoms. The van der Waals surface area contributed by atoms with Gasteiger partial charge in [0.1, 0.15) is 5.75 Å². The van der Waals surface area contributed by atoms with Gasteiger partial charge in [-0.25, -0.2) is 4.98 Å². The molecule has 0 spiro atoms. The zero-order valence-corrected chi connectivity index (χ0v) is 18.5. The molecule has 0 amide bonds. The van der Waals surface area contributed by atoms with Crippen molar-refractivity contribution in [3.63, 3.8) is 0 Å². The van der Waals surface area contributed by atoms with E-state index < -0.39 is 0 Å². The number of guanidine groups is 1. The van der Waals surface area contributed by atoms with Crippen LogP contribution >= 0.6 is 11.6 Å². The second-order valence-electron chi connectivity index (χ2n) is 7.42. The van der Waals surface area contributed by atoms with Crippen LogP contribution in [0.4, 0.5) is 5.69 Å². The fourth-order valence-electron chi connectivity index (χ4n) is 3.89. The molecule has 0 radical (unpaired) electrons. The van der Waals surface area contributed by atoms with E-state index in [4.69, 9.17) is 16.3 Å². The summed E-state index contributed by atoms with van der Waals surface area (Å²) in [6, 6.07) is 14.3. The first kappa shape index (κ1) is 21.1. The average molecular weight is 439 g/mol. The zero-order chi connectivity index (χ0) is 21.6. The van der Waals surface area contributed by atoms with E-state index in [0.29, 0.717) is 11.6 Å². The number of para-hydroxylation sites is 1. The van der Waals surface area contributed by atoms with Gasteiger partial charge in [0, 0.05) is 50.1 Å². The van der Waals surface area contributed by atoms with Gasteiger partial charge in [-0.2, -0.15) is 0 Å². The number of nitrogens with zero attached hydrogens (tertiary/aromatic N) is 4. The minimum atomic E-state index is 0.277. The van der Waals surface area contributed by atoms with Crippen molar-refractivity contribution in [2.24, 2.45) is 4.99 Å². The molecule has 3 aromatic rings. The maximum Gasteiger partial charge on any atom is 0.191 e.